The van der Waals surface area contributed by atoms with Crippen LogP contribution in [0.3, 0.4) is 0 Å². The zero-order valence-electron chi connectivity index (χ0n) is 14.6. The molecule has 0 atom stereocenters. The first kappa shape index (κ1) is 16.9. The first-order chi connectivity index (χ1) is 12.1. The van der Waals surface area contributed by atoms with Gasteiger partial charge in [0.05, 0.1) is 19.2 Å². The fourth-order valence-electron chi connectivity index (χ4n) is 2.86. The number of hydrogen-bond acceptors (Lipinski definition) is 2. The maximum atomic E-state index is 12.8. The molecule has 1 amide bonds. The second kappa shape index (κ2) is 7.27. The van der Waals surface area contributed by atoms with Gasteiger partial charge in [0.25, 0.3) is 0 Å². The Balaban J connectivity index is 1.78. The zero-order valence-corrected chi connectivity index (χ0v) is 14.6. The highest BCUT2D eigenvalue weighted by atomic mass is 16.3. The molecule has 0 unspecified atom stereocenters. The summed E-state index contributed by atoms with van der Waals surface area (Å²) in [5, 5.41) is 0.981. The van der Waals surface area contributed by atoms with Crippen molar-refractivity contribution < 1.29 is 9.21 Å². The van der Waals surface area contributed by atoms with Crippen molar-refractivity contribution in [3.8, 4) is 12.3 Å². The lowest BCUT2D eigenvalue weighted by atomic mass is 10.1. The molecule has 3 rings (SSSR count). The summed E-state index contributed by atoms with van der Waals surface area (Å²) in [6, 6.07) is 14.2. The van der Waals surface area contributed by atoms with Gasteiger partial charge in [-0.15, -0.1) is 6.42 Å². The van der Waals surface area contributed by atoms with Crippen LogP contribution in [0.4, 0.5) is 0 Å². The van der Waals surface area contributed by atoms with E-state index < -0.39 is 0 Å². The van der Waals surface area contributed by atoms with E-state index in [4.69, 9.17) is 10.8 Å². The largest absolute Gasteiger partial charge is 0.464 e. The number of benzene rings is 2. The van der Waals surface area contributed by atoms with Gasteiger partial charge in [-0.1, -0.05) is 47.9 Å². The van der Waals surface area contributed by atoms with Crippen LogP contribution in [-0.2, 0) is 17.8 Å². The molecule has 3 heteroatoms. The Kier molecular flexibility index (Phi) is 4.90. The SMILES string of the molecule is C#CCN(Cc1ccc(C)cc1)C(=O)Cc1coc2cc(C)ccc12. The third kappa shape index (κ3) is 3.92. The van der Waals surface area contributed by atoms with Crippen LogP contribution in [0.5, 0.6) is 0 Å². The quantitative estimate of drug-likeness (QED) is 0.655. The van der Waals surface area contributed by atoms with Gasteiger partial charge in [-0.3, -0.25) is 4.79 Å². The minimum atomic E-state index is 0.00167. The van der Waals surface area contributed by atoms with E-state index in [0.29, 0.717) is 13.1 Å². The van der Waals surface area contributed by atoms with Crippen LogP contribution in [0.2, 0.25) is 0 Å². The van der Waals surface area contributed by atoms with E-state index >= 15 is 0 Å². The monoisotopic (exact) mass is 331 g/mol. The van der Waals surface area contributed by atoms with Crippen LogP contribution >= 0.6 is 0 Å². The summed E-state index contributed by atoms with van der Waals surface area (Å²) in [7, 11) is 0. The second-order valence-electron chi connectivity index (χ2n) is 6.38. The molecule has 0 spiro atoms. The third-order valence-electron chi connectivity index (χ3n) is 4.28. The maximum Gasteiger partial charge on any atom is 0.228 e. The van der Waals surface area contributed by atoms with Gasteiger partial charge in [0.1, 0.15) is 5.58 Å². The molecule has 0 radical (unpaired) electrons. The Bertz CT molecular complexity index is 929. The molecular weight excluding hydrogens is 310 g/mol. The number of carbonyl (C=O) groups excluding carboxylic acids is 1. The number of rotatable bonds is 5. The molecule has 0 aliphatic rings. The molecule has 0 N–H and O–H groups in total. The standard InChI is InChI=1S/C22H21NO2/c1-4-11-23(14-18-8-5-16(2)6-9-18)22(24)13-19-15-25-21-12-17(3)7-10-20(19)21/h1,5-10,12,15H,11,13-14H2,2-3H3. The molecular formula is C22H21NO2. The van der Waals surface area contributed by atoms with E-state index in [2.05, 4.69) is 5.92 Å². The molecule has 3 aromatic rings. The van der Waals surface area contributed by atoms with Crippen LogP contribution in [0.25, 0.3) is 11.0 Å². The Labute approximate surface area is 148 Å². The van der Waals surface area contributed by atoms with Crippen molar-refractivity contribution >= 4 is 16.9 Å². The van der Waals surface area contributed by atoms with Gasteiger partial charge >= 0.3 is 0 Å². The van der Waals surface area contributed by atoms with Crippen LogP contribution in [0, 0.1) is 26.2 Å². The normalized spacial score (nSPS) is 10.6. The molecule has 2 aromatic carbocycles. The molecule has 1 heterocycles. The molecule has 126 valence electrons. The summed E-state index contributed by atoms with van der Waals surface area (Å²) in [6.07, 6.45) is 7.41. The van der Waals surface area contributed by atoms with Gasteiger partial charge in [-0.2, -0.15) is 0 Å². The van der Waals surface area contributed by atoms with E-state index in [1.165, 1.54) is 5.56 Å². The highest BCUT2D eigenvalue weighted by molar-refractivity contribution is 5.88. The molecule has 0 saturated heterocycles. The Morgan fingerprint density at radius 2 is 1.84 bits per heavy atom. The van der Waals surface area contributed by atoms with Gasteiger partial charge < -0.3 is 9.32 Å². The lowest BCUT2D eigenvalue weighted by molar-refractivity contribution is -0.130. The smallest absolute Gasteiger partial charge is 0.228 e. The Hall–Kier alpha value is -2.99. The van der Waals surface area contributed by atoms with E-state index in [-0.39, 0.29) is 12.3 Å². The third-order valence-corrected chi connectivity index (χ3v) is 4.28. The highest BCUT2D eigenvalue weighted by Gasteiger charge is 2.16. The fourth-order valence-corrected chi connectivity index (χ4v) is 2.86. The minimum Gasteiger partial charge on any atom is -0.464 e. The topological polar surface area (TPSA) is 33.5 Å². The molecule has 0 fully saturated rings. The van der Waals surface area contributed by atoms with Gasteiger partial charge in [0, 0.05) is 17.5 Å². The first-order valence-electron chi connectivity index (χ1n) is 8.30. The van der Waals surface area contributed by atoms with Gasteiger partial charge in [-0.05, 0) is 31.0 Å². The molecule has 25 heavy (non-hydrogen) atoms. The van der Waals surface area contributed by atoms with Crippen molar-refractivity contribution in [1.29, 1.82) is 0 Å². The fraction of sp³-hybridized carbons (Fsp3) is 0.227. The number of amides is 1. The van der Waals surface area contributed by atoms with Crippen molar-refractivity contribution in [1.82, 2.24) is 4.90 Å². The summed E-state index contributed by atoms with van der Waals surface area (Å²) < 4.78 is 5.59. The van der Waals surface area contributed by atoms with E-state index in [1.54, 1.807) is 11.2 Å². The zero-order chi connectivity index (χ0) is 17.8. The van der Waals surface area contributed by atoms with E-state index in [0.717, 1.165) is 27.7 Å². The minimum absolute atomic E-state index is 0.00167. The van der Waals surface area contributed by atoms with Crippen molar-refractivity contribution in [2.45, 2.75) is 26.8 Å². The molecule has 0 bridgehead atoms. The number of fused-ring (bicyclic) bond motifs is 1. The Morgan fingerprint density at radius 1 is 1.12 bits per heavy atom. The molecule has 0 aliphatic heterocycles. The summed E-state index contributed by atoms with van der Waals surface area (Å²) in [5.74, 6) is 2.59. The number of furan rings is 1. The van der Waals surface area contributed by atoms with Crippen molar-refractivity contribution in [3.05, 3.63) is 71.0 Å². The van der Waals surface area contributed by atoms with Crippen molar-refractivity contribution in [3.63, 3.8) is 0 Å². The lowest BCUT2D eigenvalue weighted by Crippen LogP contribution is -2.32. The molecule has 0 saturated carbocycles. The first-order valence-corrected chi connectivity index (χ1v) is 8.30. The van der Waals surface area contributed by atoms with Crippen LogP contribution in [0.15, 0.2) is 53.1 Å². The van der Waals surface area contributed by atoms with Crippen molar-refractivity contribution in [2.24, 2.45) is 0 Å². The molecule has 0 aliphatic carbocycles. The summed E-state index contributed by atoms with van der Waals surface area (Å²) in [4.78, 5) is 14.5. The highest BCUT2D eigenvalue weighted by Crippen LogP contribution is 2.23. The Morgan fingerprint density at radius 3 is 2.56 bits per heavy atom. The van der Waals surface area contributed by atoms with Crippen LogP contribution in [-0.4, -0.2) is 17.4 Å². The average molecular weight is 331 g/mol. The predicted molar refractivity (Wildman–Crippen MR) is 100 cm³/mol. The second-order valence-corrected chi connectivity index (χ2v) is 6.38. The number of terminal acetylenes is 1. The summed E-state index contributed by atoms with van der Waals surface area (Å²) in [6.45, 7) is 4.86. The number of aryl methyl sites for hydroxylation is 2. The molecule has 1 aromatic heterocycles. The average Bonchev–Trinajstić information content (AvgIpc) is 2.98. The van der Waals surface area contributed by atoms with Crippen LogP contribution < -0.4 is 0 Å². The van der Waals surface area contributed by atoms with E-state index in [9.17, 15) is 4.79 Å². The number of nitrogens with zero attached hydrogens (tertiary/aromatic N) is 1. The maximum absolute atomic E-state index is 12.8. The van der Waals surface area contributed by atoms with Gasteiger partial charge in [-0.25, -0.2) is 0 Å². The van der Waals surface area contributed by atoms with Crippen LogP contribution in [0.1, 0.15) is 22.3 Å². The predicted octanol–water partition coefficient (Wildman–Crippen LogP) is 4.25. The van der Waals surface area contributed by atoms with Gasteiger partial charge in [0.15, 0.2) is 0 Å². The molecule has 3 nitrogen and oxygen atoms in total. The lowest BCUT2D eigenvalue weighted by Gasteiger charge is -2.20. The summed E-state index contributed by atoms with van der Waals surface area (Å²) >= 11 is 0. The van der Waals surface area contributed by atoms with Crippen molar-refractivity contribution in [2.75, 3.05) is 6.54 Å². The summed E-state index contributed by atoms with van der Waals surface area (Å²) in [5.41, 5.74) is 5.10. The van der Waals surface area contributed by atoms with Gasteiger partial charge in [0.2, 0.25) is 5.91 Å². The van der Waals surface area contributed by atoms with E-state index in [1.807, 2.05) is 56.3 Å². The number of hydrogen-bond donors (Lipinski definition) is 0. The number of carbonyl (C=O) groups is 1.